The number of aryl methyl sites for hydroxylation is 1. The van der Waals surface area contributed by atoms with Crippen LogP contribution in [0.5, 0.6) is 0 Å². The lowest BCUT2D eigenvalue weighted by molar-refractivity contribution is 0.695. The summed E-state index contributed by atoms with van der Waals surface area (Å²) in [5.74, 6) is 0.438. The van der Waals surface area contributed by atoms with Gasteiger partial charge < -0.3 is 0 Å². The van der Waals surface area contributed by atoms with Crippen molar-refractivity contribution in [3.8, 4) is 0 Å². The normalized spacial score (nSPS) is 13.4. The molecule has 0 bridgehead atoms. The molecule has 0 N–H and O–H groups in total. The van der Waals surface area contributed by atoms with Gasteiger partial charge in [-0.05, 0) is 13.3 Å². The van der Waals surface area contributed by atoms with Gasteiger partial charge in [-0.2, -0.15) is 10.2 Å². The standard InChI is InChI=1S/C10H13N3S/c1-4-6(2)8-9-10(14-5-11-9)7(3)12-13-8/h5-6H,4H2,1-3H3. The van der Waals surface area contributed by atoms with E-state index in [1.165, 1.54) is 4.70 Å². The third-order valence-electron chi connectivity index (χ3n) is 2.53. The molecule has 14 heavy (non-hydrogen) atoms. The summed E-state index contributed by atoms with van der Waals surface area (Å²) in [6.45, 7) is 6.30. The Morgan fingerprint density at radius 3 is 2.93 bits per heavy atom. The van der Waals surface area contributed by atoms with Crippen molar-refractivity contribution in [3.63, 3.8) is 0 Å². The Labute approximate surface area is 87.2 Å². The van der Waals surface area contributed by atoms with Crippen LogP contribution in [-0.4, -0.2) is 15.2 Å². The molecular weight excluding hydrogens is 194 g/mol. The monoisotopic (exact) mass is 207 g/mol. The van der Waals surface area contributed by atoms with Crippen LogP contribution in [0.2, 0.25) is 0 Å². The maximum atomic E-state index is 4.36. The maximum absolute atomic E-state index is 4.36. The Morgan fingerprint density at radius 1 is 1.43 bits per heavy atom. The molecule has 0 aromatic carbocycles. The van der Waals surface area contributed by atoms with Crippen molar-refractivity contribution in [1.82, 2.24) is 15.2 Å². The summed E-state index contributed by atoms with van der Waals surface area (Å²) in [5.41, 5.74) is 4.92. The number of nitrogens with zero attached hydrogens (tertiary/aromatic N) is 3. The number of fused-ring (bicyclic) bond motifs is 1. The maximum Gasteiger partial charge on any atom is 0.107 e. The van der Waals surface area contributed by atoms with Crippen LogP contribution >= 0.6 is 11.3 Å². The van der Waals surface area contributed by atoms with Crippen LogP contribution in [-0.2, 0) is 0 Å². The van der Waals surface area contributed by atoms with E-state index in [9.17, 15) is 0 Å². The fourth-order valence-corrected chi connectivity index (χ4v) is 2.18. The largest absolute Gasteiger partial charge is 0.243 e. The molecule has 4 heteroatoms. The van der Waals surface area contributed by atoms with Crippen molar-refractivity contribution in [2.75, 3.05) is 0 Å². The Hall–Kier alpha value is -1.03. The van der Waals surface area contributed by atoms with E-state index >= 15 is 0 Å². The summed E-state index contributed by atoms with van der Waals surface area (Å²) in [4.78, 5) is 4.36. The van der Waals surface area contributed by atoms with Crippen LogP contribution in [0, 0.1) is 6.92 Å². The van der Waals surface area contributed by atoms with E-state index in [-0.39, 0.29) is 0 Å². The third kappa shape index (κ3) is 1.39. The first-order chi connectivity index (χ1) is 6.74. The molecule has 0 fully saturated rings. The molecule has 0 aliphatic heterocycles. The van der Waals surface area contributed by atoms with Crippen LogP contribution in [0.3, 0.4) is 0 Å². The lowest BCUT2D eigenvalue weighted by atomic mass is 10.0. The summed E-state index contributed by atoms with van der Waals surface area (Å²) < 4.78 is 1.18. The number of hydrogen-bond donors (Lipinski definition) is 0. The van der Waals surface area contributed by atoms with Crippen LogP contribution in [0.15, 0.2) is 5.51 Å². The average Bonchev–Trinajstić information content (AvgIpc) is 2.67. The Kier molecular flexibility index (Phi) is 2.46. The van der Waals surface area contributed by atoms with E-state index in [4.69, 9.17) is 0 Å². The zero-order valence-corrected chi connectivity index (χ0v) is 9.43. The SMILES string of the molecule is CCC(C)c1nnc(C)c2scnc12. The highest BCUT2D eigenvalue weighted by molar-refractivity contribution is 7.16. The molecule has 2 rings (SSSR count). The molecule has 2 aromatic heterocycles. The van der Waals surface area contributed by atoms with Crippen LogP contribution in [0.1, 0.15) is 37.6 Å². The number of rotatable bonds is 2. The number of aromatic nitrogens is 3. The fraction of sp³-hybridized carbons (Fsp3) is 0.500. The second-order valence-corrected chi connectivity index (χ2v) is 4.36. The predicted octanol–water partition coefficient (Wildman–Crippen LogP) is 2.91. The molecule has 0 amide bonds. The van der Waals surface area contributed by atoms with E-state index in [2.05, 4.69) is 29.0 Å². The van der Waals surface area contributed by atoms with Crippen molar-refractivity contribution < 1.29 is 0 Å². The molecule has 74 valence electrons. The van der Waals surface area contributed by atoms with Crippen LogP contribution < -0.4 is 0 Å². The first-order valence-corrected chi connectivity index (χ1v) is 5.68. The van der Waals surface area contributed by atoms with Gasteiger partial charge in [-0.15, -0.1) is 11.3 Å². The van der Waals surface area contributed by atoms with Crippen molar-refractivity contribution >= 4 is 21.6 Å². The highest BCUT2D eigenvalue weighted by atomic mass is 32.1. The van der Waals surface area contributed by atoms with Gasteiger partial charge in [0.25, 0.3) is 0 Å². The van der Waals surface area contributed by atoms with Gasteiger partial charge >= 0.3 is 0 Å². The number of hydrogen-bond acceptors (Lipinski definition) is 4. The van der Waals surface area contributed by atoms with Crippen LogP contribution in [0.25, 0.3) is 10.2 Å². The molecule has 3 nitrogen and oxygen atoms in total. The smallest absolute Gasteiger partial charge is 0.107 e. The predicted molar refractivity (Wildman–Crippen MR) is 58.7 cm³/mol. The Morgan fingerprint density at radius 2 is 2.21 bits per heavy atom. The van der Waals surface area contributed by atoms with Gasteiger partial charge in [0.2, 0.25) is 0 Å². The third-order valence-corrected chi connectivity index (χ3v) is 3.46. The van der Waals surface area contributed by atoms with Crippen molar-refractivity contribution in [2.24, 2.45) is 0 Å². The van der Waals surface area contributed by atoms with Gasteiger partial charge in [-0.25, -0.2) is 4.98 Å². The first kappa shape index (κ1) is 9.52. The molecule has 2 aromatic rings. The molecule has 1 atom stereocenters. The van der Waals surface area contributed by atoms with Gasteiger partial charge in [0.15, 0.2) is 0 Å². The molecule has 0 spiro atoms. The lowest BCUT2D eigenvalue weighted by Crippen LogP contribution is -2.00. The van der Waals surface area contributed by atoms with Gasteiger partial charge in [0.05, 0.1) is 21.6 Å². The molecule has 0 radical (unpaired) electrons. The van der Waals surface area contributed by atoms with Gasteiger partial charge in [0.1, 0.15) is 5.52 Å². The summed E-state index contributed by atoms with van der Waals surface area (Å²) >= 11 is 1.64. The van der Waals surface area contributed by atoms with Gasteiger partial charge in [-0.1, -0.05) is 13.8 Å². The molecule has 0 saturated heterocycles. The van der Waals surface area contributed by atoms with Gasteiger partial charge in [0, 0.05) is 5.92 Å². The molecule has 0 aliphatic rings. The second-order valence-electron chi connectivity index (χ2n) is 3.51. The zero-order chi connectivity index (χ0) is 10.1. The summed E-state index contributed by atoms with van der Waals surface area (Å²) in [6.07, 6.45) is 1.07. The Bertz CT molecular complexity index is 450. The fourth-order valence-electron chi connectivity index (χ4n) is 1.43. The number of thiazole rings is 1. The first-order valence-electron chi connectivity index (χ1n) is 4.80. The highest BCUT2D eigenvalue weighted by Gasteiger charge is 2.13. The summed E-state index contributed by atoms with van der Waals surface area (Å²) in [7, 11) is 0. The van der Waals surface area contributed by atoms with E-state index < -0.39 is 0 Å². The summed E-state index contributed by atoms with van der Waals surface area (Å²) in [5, 5.41) is 8.41. The van der Waals surface area contributed by atoms with Crippen LogP contribution in [0.4, 0.5) is 0 Å². The second kappa shape index (κ2) is 3.61. The molecule has 0 saturated carbocycles. The topological polar surface area (TPSA) is 38.7 Å². The minimum absolute atomic E-state index is 0.438. The quantitative estimate of drug-likeness (QED) is 0.760. The minimum atomic E-state index is 0.438. The van der Waals surface area contributed by atoms with E-state index in [0.717, 1.165) is 23.3 Å². The highest BCUT2D eigenvalue weighted by Crippen LogP contribution is 2.27. The molecule has 1 unspecified atom stereocenters. The van der Waals surface area contributed by atoms with E-state index in [1.807, 2.05) is 12.4 Å². The summed E-state index contributed by atoms with van der Waals surface area (Å²) in [6, 6.07) is 0. The van der Waals surface area contributed by atoms with Crippen molar-refractivity contribution in [3.05, 3.63) is 16.9 Å². The lowest BCUT2D eigenvalue weighted by Gasteiger charge is -2.07. The zero-order valence-electron chi connectivity index (χ0n) is 8.61. The van der Waals surface area contributed by atoms with Crippen molar-refractivity contribution in [1.29, 1.82) is 0 Å². The van der Waals surface area contributed by atoms with E-state index in [0.29, 0.717) is 5.92 Å². The van der Waals surface area contributed by atoms with E-state index in [1.54, 1.807) is 11.3 Å². The van der Waals surface area contributed by atoms with Crippen molar-refractivity contribution in [2.45, 2.75) is 33.1 Å². The minimum Gasteiger partial charge on any atom is -0.243 e. The molecule has 2 heterocycles. The molecular formula is C10H13N3S. The molecule has 0 aliphatic carbocycles. The Balaban J connectivity index is 2.66. The average molecular weight is 207 g/mol. The van der Waals surface area contributed by atoms with Gasteiger partial charge in [-0.3, -0.25) is 0 Å².